The van der Waals surface area contributed by atoms with E-state index in [0.29, 0.717) is 22.2 Å². The molecule has 0 saturated carbocycles. The Morgan fingerprint density at radius 3 is 2.53 bits per heavy atom. The quantitative estimate of drug-likeness (QED) is 0.393. The number of rotatable bonds is 7. The number of esters is 1. The fourth-order valence-corrected chi connectivity index (χ4v) is 5.54. The average molecular weight is 478 g/mol. The van der Waals surface area contributed by atoms with Gasteiger partial charge in [-0.15, -0.1) is 11.3 Å². The van der Waals surface area contributed by atoms with Gasteiger partial charge in [-0.25, -0.2) is 4.79 Å². The highest BCUT2D eigenvalue weighted by Crippen LogP contribution is 2.37. The molecular weight excluding hydrogens is 446 g/mol. The normalized spacial score (nSPS) is 12.9. The van der Waals surface area contributed by atoms with Crippen LogP contribution in [0.15, 0.2) is 41.8 Å². The number of anilines is 1. The van der Waals surface area contributed by atoms with Gasteiger partial charge in [0.1, 0.15) is 16.3 Å². The Morgan fingerprint density at radius 2 is 1.82 bits per heavy atom. The summed E-state index contributed by atoms with van der Waals surface area (Å²) in [6.07, 6.45) is 4.56. The van der Waals surface area contributed by atoms with Crippen molar-refractivity contribution in [1.29, 1.82) is 0 Å². The number of fused-ring (bicyclic) bond motifs is 1. The predicted molar refractivity (Wildman–Crippen MR) is 137 cm³/mol. The van der Waals surface area contributed by atoms with E-state index in [1.54, 1.807) is 0 Å². The Morgan fingerprint density at radius 1 is 1.06 bits per heavy atom. The van der Waals surface area contributed by atoms with Gasteiger partial charge in [-0.3, -0.25) is 4.79 Å². The Kier molecular flexibility index (Phi) is 7.37. The van der Waals surface area contributed by atoms with E-state index >= 15 is 0 Å². The molecule has 1 heterocycles. The maximum absolute atomic E-state index is 12.7. The fraction of sp³-hybridized carbons (Fsp3) is 0.357. The first-order valence-corrected chi connectivity index (χ1v) is 12.6. The zero-order chi connectivity index (χ0) is 24.2. The lowest BCUT2D eigenvalue weighted by atomic mass is 9.89. The number of hydrogen-bond acceptors (Lipinski definition) is 5. The molecule has 2 aromatic carbocycles. The van der Waals surface area contributed by atoms with E-state index in [4.69, 9.17) is 9.47 Å². The molecule has 178 valence electrons. The molecule has 3 aromatic rings. The minimum atomic E-state index is -0.468. The number of methoxy groups -OCH3 is 1. The molecular formula is C28H31NO4S. The molecule has 5 nitrogen and oxygen atoms in total. The SMILES string of the molecule is COC(=O)c1c(-c2ccc3c(c2)CCCC3)csc1NC(=O)COc1ccc(C(C)C)c(C)c1. The largest absolute Gasteiger partial charge is 0.484 e. The van der Waals surface area contributed by atoms with Gasteiger partial charge in [0.2, 0.25) is 0 Å². The lowest BCUT2D eigenvalue weighted by Gasteiger charge is -2.17. The van der Waals surface area contributed by atoms with Gasteiger partial charge in [-0.1, -0.05) is 38.1 Å². The van der Waals surface area contributed by atoms with E-state index in [1.807, 2.05) is 30.5 Å². The van der Waals surface area contributed by atoms with Crippen molar-refractivity contribution in [3.8, 4) is 16.9 Å². The smallest absolute Gasteiger partial charge is 0.341 e. The first kappa shape index (κ1) is 24.0. The summed E-state index contributed by atoms with van der Waals surface area (Å²) in [6.45, 7) is 6.19. The number of thiophene rings is 1. The molecule has 1 aliphatic rings. The molecule has 6 heteroatoms. The molecule has 1 N–H and O–H groups in total. The van der Waals surface area contributed by atoms with Gasteiger partial charge in [-0.2, -0.15) is 0 Å². The summed E-state index contributed by atoms with van der Waals surface area (Å²) in [4.78, 5) is 25.3. The second kappa shape index (κ2) is 10.4. The zero-order valence-corrected chi connectivity index (χ0v) is 21.0. The minimum Gasteiger partial charge on any atom is -0.484 e. The van der Waals surface area contributed by atoms with Crippen LogP contribution in [-0.2, 0) is 22.4 Å². The third-order valence-electron chi connectivity index (χ3n) is 6.33. The molecule has 1 amide bonds. The van der Waals surface area contributed by atoms with Crippen LogP contribution in [0, 0.1) is 6.92 Å². The van der Waals surface area contributed by atoms with E-state index < -0.39 is 5.97 Å². The summed E-state index contributed by atoms with van der Waals surface area (Å²) in [7, 11) is 1.36. The Labute approximate surface area is 205 Å². The molecule has 0 unspecified atom stereocenters. The molecule has 0 bridgehead atoms. The van der Waals surface area contributed by atoms with Crippen LogP contribution in [0.4, 0.5) is 5.00 Å². The van der Waals surface area contributed by atoms with E-state index in [0.717, 1.165) is 29.5 Å². The number of nitrogens with one attached hydrogen (secondary N) is 1. The maximum atomic E-state index is 12.7. The van der Waals surface area contributed by atoms with Crippen LogP contribution in [0.2, 0.25) is 0 Å². The topological polar surface area (TPSA) is 64.6 Å². The molecule has 1 aliphatic carbocycles. The molecule has 0 spiro atoms. The predicted octanol–water partition coefficient (Wildman–Crippen LogP) is 6.53. The van der Waals surface area contributed by atoms with E-state index in [2.05, 4.69) is 37.4 Å². The summed E-state index contributed by atoms with van der Waals surface area (Å²) < 4.78 is 10.8. The number of carbonyl (C=O) groups excluding carboxylic acids is 2. The van der Waals surface area contributed by atoms with Gasteiger partial charge >= 0.3 is 5.97 Å². The van der Waals surface area contributed by atoms with Crippen molar-refractivity contribution in [1.82, 2.24) is 0 Å². The van der Waals surface area contributed by atoms with Crippen LogP contribution < -0.4 is 10.1 Å². The molecule has 0 saturated heterocycles. The summed E-state index contributed by atoms with van der Waals surface area (Å²) in [5.41, 5.74) is 7.24. The van der Waals surface area contributed by atoms with Crippen molar-refractivity contribution < 1.29 is 19.1 Å². The van der Waals surface area contributed by atoms with Crippen LogP contribution in [0.1, 0.15) is 65.2 Å². The summed E-state index contributed by atoms with van der Waals surface area (Å²) in [5.74, 6) is 0.281. The third kappa shape index (κ3) is 5.17. The van der Waals surface area contributed by atoms with Gasteiger partial charge in [0, 0.05) is 10.9 Å². The van der Waals surface area contributed by atoms with Crippen molar-refractivity contribution in [3.63, 3.8) is 0 Å². The Balaban J connectivity index is 1.51. The van der Waals surface area contributed by atoms with Gasteiger partial charge in [0.15, 0.2) is 6.61 Å². The molecule has 0 aliphatic heterocycles. The lowest BCUT2D eigenvalue weighted by molar-refractivity contribution is -0.118. The summed E-state index contributed by atoms with van der Waals surface area (Å²) >= 11 is 1.32. The Hall–Kier alpha value is -3.12. The average Bonchev–Trinajstić information content (AvgIpc) is 3.25. The Bertz CT molecular complexity index is 1210. The highest BCUT2D eigenvalue weighted by Gasteiger charge is 2.23. The fourth-order valence-electron chi connectivity index (χ4n) is 4.57. The number of benzene rings is 2. The number of amides is 1. The van der Waals surface area contributed by atoms with E-state index in [1.165, 1.54) is 48.0 Å². The number of aryl methyl sites for hydroxylation is 3. The molecule has 34 heavy (non-hydrogen) atoms. The highest BCUT2D eigenvalue weighted by atomic mass is 32.1. The second-order valence-electron chi connectivity index (χ2n) is 9.05. The highest BCUT2D eigenvalue weighted by molar-refractivity contribution is 7.15. The number of ether oxygens (including phenoxy) is 2. The summed E-state index contributed by atoms with van der Waals surface area (Å²) in [6, 6.07) is 12.2. The molecule has 0 fully saturated rings. The van der Waals surface area contributed by atoms with E-state index in [9.17, 15) is 9.59 Å². The van der Waals surface area contributed by atoms with E-state index in [-0.39, 0.29) is 12.5 Å². The van der Waals surface area contributed by atoms with Crippen LogP contribution in [-0.4, -0.2) is 25.6 Å². The van der Waals surface area contributed by atoms with Crippen molar-refractivity contribution >= 4 is 28.2 Å². The van der Waals surface area contributed by atoms with Gasteiger partial charge < -0.3 is 14.8 Å². The van der Waals surface area contributed by atoms with Crippen molar-refractivity contribution in [2.45, 2.75) is 52.4 Å². The number of carbonyl (C=O) groups is 2. The van der Waals surface area contributed by atoms with Crippen LogP contribution in [0.3, 0.4) is 0 Å². The van der Waals surface area contributed by atoms with Crippen LogP contribution in [0.25, 0.3) is 11.1 Å². The zero-order valence-electron chi connectivity index (χ0n) is 20.2. The van der Waals surface area contributed by atoms with Crippen LogP contribution >= 0.6 is 11.3 Å². The monoisotopic (exact) mass is 477 g/mol. The number of hydrogen-bond donors (Lipinski definition) is 1. The molecule has 1 aromatic heterocycles. The van der Waals surface area contributed by atoms with Crippen molar-refractivity contribution in [2.24, 2.45) is 0 Å². The molecule has 0 atom stereocenters. The second-order valence-corrected chi connectivity index (χ2v) is 9.93. The van der Waals surface area contributed by atoms with Crippen LogP contribution in [0.5, 0.6) is 5.75 Å². The first-order chi connectivity index (χ1) is 16.4. The van der Waals surface area contributed by atoms with Gasteiger partial charge in [0.25, 0.3) is 5.91 Å². The van der Waals surface area contributed by atoms with Gasteiger partial charge in [0.05, 0.1) is 7.11 Å². The molecule has 4 rings (SSSR count). The standard InChI is InChI=1S/C28H31NO4S/c1-17(2)23-12-11-22(13-18(23)3)33-15-25(30)29-27-26(28(31)32-4)24(16-34-27)21-10-9-19-7-5-6-8-20(19)14-21/h9-14,16-17H,5-8,15H2,1-4H3,(H,29,30). The van der Waals surface area contributed by atoms with Crippen molar-refractivity contribution in [3.05, 3.63) is 69.6 Å². The lowest BCUT2D eigenvalue weighted by Crippen LogP contribution is -2.21. The minimum absolute atomic E-state index is 0.146. The summed E-state index contributed by atoms with van der Waals surface area (Å²) in [5, 5.41) is 5.22. The first-order valence-electron chi connectivity index (χ1n) is 11.7. The van der Waals surface area contributed by atoms with Crippen molar-refractivity contribution in [2.75, 3.05) is 19.0 Å². The van der Waals surface area contributed by atoms with Gasteiger partial charge in [-0.05, 0) is 78.5 Å². The molecule has 0 radical (unpaired) electrons. The third-order valence-corrected chi connectivity index (χ3v) is 7.22. The maximum Gasteiger partial charge on any atom is 0.341 e.